The Bertz CT molecular complexity index is 453. The molecule has 78 valence electrons. The molecule has 2 nitrogen and oxygen atoms in total. The van der Waals surface area contributed by atoms with E-state index in [0.717, 1.165) is 15.7 Å². The van der Waals surface area contributed by atoms with Crippen molar-refractivity contribution >= 4 is 23.1 Å². The summed E-state index contributed by atoms with van der Waals surface area (Å²) in [4.78, 5) is 6.35. The van der Waals surface area contributed by atoms with Gasteiger partial charge in [0, 0.05) is 21.7 Å². The third-order valence-corrected chi connectivity index (χ3v) is 4.11. The monoisotopic (exact) mass is 237 g/mol. The highest BCUT2D eigenvalue weighted by Gasteiger charge is 2.02. The molecule has 0 amide bonds. The normalized spacial score (nSPS) is 10.5. The molecule has 2 aromatic rings. The lowest BCUT2D eigenvalue weighted by atomic mass is 10.3. The van der Waals surface area contributed by atoms with Crippen LogP contribution in [0.5, 0.6) is 5.75 Å². The summed E-state index contributed by atoms with van der Waals surface area (Å²) < 4.78 is 0. The van der Waals surface area contributed by atoms with Crippen molar-refractivity contribution in [2.45, 2.75) is 17.6 Å². The molecule has 0 fully saturated rings. The summed E-state index contributed by atoms with van der Waals surface area (Å²) in [5, 5.41) is 10.6. The van der Waals surface area contributed by atoms with E-state index in [-0.39, 0.29) is 0 Å². The number of hydrogen-bond donors (Lipinski definition) is 1. The number of rotatable bonds is 3. The molecular weight excluding hydrogens is 226 g/mol. The molecule has 1 aromatic heterocycles. The maximum atomic E-state index is 9.56. The molecule has 0 bridgehead atoms. The number of thiazole rings is 1. The van der Waals surface area contributed by atoms with E-state index in [0.29, 0.717) is 5.75 Å². The molecule has 0 radical (unpaired) electrons. The molecule has 0 saturated carbocycles. The number of hydrogen-bond acceptors (Lipinski definition) is 4. The first-order valence-corrected chi connectivity index (χ1v) is 6.38. The van der Waals surface area contributed by atoms with Gasteiger partial charge in [0.2, 0.25) is 0 Å². The zero-order chi connectivity index (χ0) is 10.7. The van der Waals surface area contributed by atoms with Gasteiger partial charge in [0.05, 0.1) is 5.01 Å². The van der Waals surface area contributed by atoms with E-state index in [4.69, 9.17) is 0 Å². The molecule has 1 heterocycles. The zero-order valence-corrected chi connectivity index (χ0v) is 9.94. The second-order valence-corrected chi connectivity index (χ2v) is 5.44. The third kappa shape index (κ3) is 2.73. The van der Waals surface area contributed by atoms with Crippen LogP contribution in [0.4, 0.5) is 0 Å². The van der Waals surface area contributed by atoms with Gasteiger partial charge in [0.15, 0.2) is 0 Å². The van der Waals surface area contributed by atoms with Crippen LogP contribution in [0.3, 0.4) is 0 Å². The van der Waals surface area contributed by atoms with Crippen molar-refractivity contribution in [2.24, 2.45) is 0 Å². The molecule has 0 unspecified atom stereocenters. The number of thioether (sulfide) groups is 1. The standard InChI is InChI=1S/C11H11NOS2/c1-8-12-6-9(15-8)7-14-11-5-3-2-4-10(11)13/h2-6,13H,7H2,1H3. The second kappa shape index (κ2) is 4.68. The van der Waals surface area contributed by atoms with Gasteiger partial charge in [-0.2, -0.15) is 0 Å². The molecule has 4 heteroatoms. The van der Waals surface area contributed by atoms with Crippen molar-refractivity contribution in [1.29, 1.82) is 0 Å². The number of phenolic OH excluding ortho intramolecular Hbond substituents is 1. The van der Waals surface area contributed by atoms with Crippen LogP contribution < -0.4 is 0 Å². The number of aromatic nitrogens is 1. The van der Waals surface area contributed by atoms with Gasteiger partial charge in [-0.25, -0.2) is 4.98 Å². The highest BCUT2D eigenvalue weighted by atomic mass is 32.2. The van der Waals surface area contributed by atoms with Crippen LogP contribution in [0.15, 0.2) is 35.4 Å². The molecule has 1 aromatic carbocycles. The first-order valence-electron chi connectivity index (χ1n) is 4.58. The summed E-state index contributed by atoms with van der Waals surface area (Å²) in [7, 11) is 0. The molecule has 0 aliphatic heterocycles. The van der Waals surface area contributed by atoms with Crippen molar-refractivity contribution in [2.75, 3.05) is 0 Å². The summed E-state index contributed by atoms with van der Waals surface area (Å²) >= 11 is 3.33. The fraction of sp³-hybridized carbons (Fsp3) is 0.182. The Labute approximate surface area is 97.0 Å². The Balaban J connectivity index is 2.02. The van der Waals surface area contributed by atoms with Gasteiger partial charge in [0.1, 0.15) is 5.75 Å². The molecule has 0 saturated heterocycles. The van der Waals surface area contributed by atoms with Crippen LogP contribution >= 0.6 is 23.1 Å². The number of benzene rings is 1. The molecule has 1 N–H and O–H groups in total. The minimum atomic E-state index is 0.351. The Kier molecular flexibility index (Phi) is 3.28. The predicted molar refractivity (Wildman–Crippen MR) is 64.5 cm³/mol. The summed E-state index contributed by atoms with van der Waals surface area (Å²) in [5.74, 6) is 1.21. The van der Waals surface area contributed by atoms with E-state index in [1.54, 1.807) is 29.2 Å². The number of aromatic hydroxyl groups is 1. The molecule has 0 atom stereocenters. The molecule has 0 aliphatic rings. The van der Waals surface area contributed by atoms with Gasteiger partial charge >= 0.3 is 0 Å². The van der Waals surface area contributed by atoms with Crippen LogP contribution in [0.1, 0.15) is 9.88 Å². The maximum Gasteiger partial charge on any atom is 0.129 e. The minimum Gasteiger partial charge on any atom is -0.507 e. The largest absolute Gasteiger partial charge is 0.507 e. The van der Waals surface area contributed by atoms with Gasteiger partial charge in [-0.15, -0.1) is 23.1 Å². The minimum absolute atomic E-state index is 0.351. The number of aryl methyl sites for hydroxylation is 1. The van der Waals surface area contributed by atoms with Crippen LogP contribution in [0, 0.1) is 6.92 Å². The van der Waals surface area contributed by atoms with Crippen LogP contribution in [-0.2, 0) is 5.75 Å². The number of phenols is 1. The van der Waals surface area contributed by atoms with Gasteiger partial charge in [0.25, 0.3) is 0 Å². The molecule has 15 heavy (non-hydrogen) atoms. The Morgan fingerprint density at radius 2 is 2.20 bits per heavy atom. The van der Waals surface area contributed by atoms with E-state index in [2.05, 4.69) is 4.98 Å². The topological polar surface area (TPSA) is 33.1 Å². The van der Waals surface area contributed by atoms with Crippen molar-refractivity contribution < 1.29 is 5.11 Å². The van der Waals surface area contributed by atoms with Gasteiger partial charge in [-0.1, -0.05) is 12.1 Å². The zero-order valence-electron chi connectivity index (χ0n) is 8.30. The first kappa shape index (κ1) is 10.5. The fourth-order valence-electron chi connectivity index (χ4n) is 1.20. The lowest BCUT2D eigenvalue weighted by Gasteiger charge is -2.01. The fourth-order valence-corrected chi connectivity index (χ4v) is 2.97. The van der Waals surface area contributed by atoms with Gasteiger partial charge in [-0.3, -0.25) is 0 Å². The smallest absolute Gasteiger partial charge is 0.129 e. The quantitative estimate of drug-likeness (QED) is 0.830. The average molecular weight is 237 g/mol. The maximum absolute atomic E-state index is 9.56. The summed E-state index contributed by atoms with van der Waals surface area (Å²) in [5.41, 5.74) is 0. The van der Waals surface area contributed by atoms with Crippen LogP contribution in [0.2, 0.25) is 0 Å². The molecular formula is C11H11NOS2. The highest BCUT2D eigenvalue weighted by molar-refractivity contribution is 7.98. The van der Waals surface area contributed by atoms with Gasteiger partial charge < -0.3 is 5.11 Å². The Morgan fingerprint density at radius 3 is 2.87 bits per heavy atom. The van der Waals surface area contributed by atoms with E-state index >= 15 is 0 Å². The Hall–Kier alpha value is -1.00. The van der Waals surface area contributed by atoms with Crippen molar-refractivity contribution in [3.05, 3.63) is 40.3 Å². The molecule has 2 rings (SSSR count). The second-order valence-electron chi connectivity index (χ2n) is 3.10. The number of para-hydroxylation sites is 1. The first-order chi connectivity index (χ1) is 7.25. The summed E-state index contributed by atoms with van der Waals surface area (Å²) in [6, 6.07) is 7.39. The molecule has 0 spiro atoms. The molecule has 0 aliphatic carbocycles. The van der Waals surface area contributed by atoms with Crippen molar-refractivity contribution in [3.8, 4) is 5.75 Å². The third-order valence-electron chi connectivity index (χ3n) is 1.90. The lowest BCUT2D eigenvalue weighted by molar-refractivity contribution is 0.462. The van der Waals surface area contributed by atoms with Crippen molar-refractivity contribution in [3.63, 3.8) is 0 Å². The summed E-state index contributed by atoms with van der Waals surface area (Å²) in [6.45, 7) is 2.00. The number of nitrogens with zero attached hydrogens (tertiary/aromatic N) is 1. The lowest BCUT2D eigenvalue weighted by Crippen LogP contribution is -1.75. The Morgan fingerprint density at radius 1 is 1.40 bits per heavy atom. The van der Waals surface area contributed by atoms with E-state index in [9.17, 15) is 5.11 Å². The van der Waals surface area contributed by atoms with Crippen LogP contribution in [0.25, 0.3) is 0 Å². The summed E-state index contributed by atoms with van der Waals surface area (Å²) in [6.07, 6.45) is 1.90. The van der Waals surface area contributed by atoms with Crippen LogP contribution in [-0.4, -0.2) is 10.1 Å². The van der Waals surface area contributed by atoms with Gasteiger partial charge in [-0.05, 0) is 19.1 Å². The highest BCUT2D eigenvalue weighted by Crippen LogP contribution is 2.31. The van der Waals surface area contributed by atoms with E-state index < -0.39 is 0 Å². The average Bonchev–Trinajstić information content (AvgIpc) is 2.63. The van der Waals surface area contributed by atoms with E-state index in [1.807, 2.05) is 31.3 Å². The van der Waals surface area contributed by atoms with E-state index in [1.165, 1.54) is 4.88 Å². The SMILES string of the molecule is Cc1ncc(CSc2ccccc2O)s1. The van der Waals surface area contributed by atoms with Crippen molar-refractivity contribution in [1.82, 2.24) is 4.98 Å². The predicted octanol–water partition coefficient (Wildman–Crippen LogP) is 3.45.